The largest absolute Gasteiger partial charge is 0.309 e. The molecule has 0 saturated carbocycles. The molecule has 0 radical (unpaired) electrons. The average molecular weight is 370 g/mol. The minimum absolute atomic E-state index is 0.104. The van der Waals surface area contributed by atoms with E-state index in [4.69, 9.17) is 0 Å². The molecule has 0 N–H and O–H groups in total. The van der Waals surface area contributed by atoms with Gasteiger partial charge in [0, 0.05) is 27.5 Å². The number of para-hydroxylation sites is 2. The maximum absolute atomic E-state index is 12.8. The fourth-order valence-corrected chi connectivity index (χ4v) is 3.40. The summed E-state index contributed by atoms with van der Waals surface area (Å²) in [4.78, 5) is 12.8. The van der Waals surface area contributed by atoms with Crippen LogP contribution in [0.2, 0.25) is 0 Å². The summed E-state index contributed by atoms with van der Waals surface area (Å²) in [5.74, 6) is 0.104. The summed E-state index contributed by atoms with van der Waals surface area (Å²) in [7, 11) is 0. The van der Waals surface area contributed by atoms with E-state index < -0.39 is 5.41 Å². The van der Waals surface area contributed by atoms with E-state index in [1.807, 2.05) is 51.1 Å². The summed E-state index contributed by atoms with van der Waals surface area (Å²) >= 11 is 0. The van der Waals surface area contributed by atoms with Crippen LogP contribution in [0.5, 0.6) is 0 Å². The smallest absolute Gasteiger partial charge is 0.168 e. The van der Waals surface area contributed by atoms with Crippen molar-refractivity contribution in [3.8, 4) is 0 Å². The molecule has 0 amide bonds. The number of allylic oxidation sites excluding steroid dienone is 6. The molecule has 3 rings (SSSR count). The van der Waals surface area contributed by atoms with Gasteiger partial charge in [-0.25, -0.2) is 0 Å². The summed E-state index contributed by atoms with van der Waals surface area (Å²) in [5, 5.41) is 2.39. The van der Waals surface area contributed by atoms with Gasteiger partial charge >= 0.3 is 0 Å². The molecule has 0 aliphatic heterocycles. The average Bonchev–Trinajstić information content (AvgIpc) is 3.05. The molecule has 0 aliphatic carbocycles. The van der Waals surface area contributed by atoms with Crippen LogP contribution in [-0.2, 0) is 4.79 Å². The van der Waals surface area contributed by atoms with E-state index in [1.165, 1.54) is 10.8 Å². The highest BCUT2D eigenvalue weighted by molar-refractivity contribution is 6.10. The summed E-state index contributed by atoms with van der Waals surface area (Å²) in [6, 6.07) is 16.7. The first-order chi connectivity index (χ1) is 13.4. The normalized spacial score (nSPS) is 13.1. The van der Waals surface area contributed by atoms with Crippen LogP contribution in [0, 0.1) is 5.41 Å². The van der Waals surface area contributed by atoms with Gasteiger partial charge in [-0.2, -0.15) is 0 Å². The van der Waals surface area contributed by atoms with Crippen molar-refractivity contribution < 1.29 is 4.79 Å². The number of Topliss-reactive ketones (excluding diaryl/α,β-unsaturated/α-hetero) is 1. The second-order valence-electron chi connectivity index (χ2n) is 7.56. The highest BCUT2D eigenvalue weighted by atomic mass is 16.1. The fraction of sp³-hybridized carbons (Fsp3) is 0.192. The molecule has 142 valence electrons. The highest BCUT2D eigenvalue weighted by Crippen LogP contribution is 2.32. The predicted octanol–water partition coefficient (Wildman–Crippen LogP) is 6.94. The fourth-order valence-electron chi connectivity index (χ4n) is 3.40. The van der Waals surface area contributed by atoms with Crippen LogP contribution >= 0.6 is 0 Å². The van der Waals surface area contributed by atoms with Crippen molar-refractivity contribution in [2.75, 3.05) is 0 Å². The summed E-state index contributed by atoms with van der Waals surface area (Å²) < 4.78 is 2.18. The van der Waals surface area contributed by atoms with Crippen LogP contribution in [0.4, 0.5) is 0 Å². The number of carbonyl (C=O) groups is 1. The second-order valence-corrected chi connectivity index (χ2v) is 7.56. The monoisotopic (exact) mass is 369 g/mol. The lowest BCUT2D eigenvalue weighted by molar-refractivity contribution is -0.123. The molecular weight excluding hydrogens is 342 g/mol. The van der Waals surface area contributed by atoms with Gasteiger partial charge in [0.15, 0.2) is 5.78 Å². The van der Waals surface area contributed by atoms with Gasteiger partial charge in [-0.1, -0.05) is 76.4 Å². The van der Waals surface area contributed by atoms with Crippen molar-refractivity contribution in [2.45, 2.75) is 27.2 Å². The number of rotatable bonds is 7. The number of hydrogen-bond acceptors (Lipinski definition) is 1. The molecule has 0 saturated heterocycles. The van der Waals surface area contributed by atoms with Gasteiger partial charge in [-0.05, 0) is 36.8 Å². The molecule has 0 bridgehead atoms. The van der Waals surface area contributed by atoms with Gasteiger partial charge < -0.3 is 4.57 Å². The van der Waals surface area contributed by atoms with Gasteiger partial charge in [-0.3, -0.25) is 4.79 Å². The Kier molecular flexibility index (Phi) is 5.51. The van der Waals surface area contributed by atoms with Gasteiger partial charge in [0.25, 0.3) is 0 Å². The number of carbonyl (C=O) groups excluding carboxylic acids is 1. The standard InChI is InChI=1S/C26H27NO/c1-6-19(25(28)26(4,5)8-3)17-18-20(7-2)27-23-15-11-9-13-21(23)22-14-10-12-16-24(22)27/h6-7,9-18H,1-2,8H2,3-5H3/b19-17+,20-18+. The zero-order valence-corrected chi connectivity index (χ0v) is 16.9. The molecule has 1 aromatic heterocycles. The van der Waals surface area contributed by atoms with Gasteiger partial charge in [-0.15, -0.1) is 0 Å². The Morgan fingerprint density at radius 1 is 0.929 bits per heavy atom. The predicted molar refractivity (Wildman–Crippen MR) is 121 cm³/mol. The summed E-state index contributed by atoms with van der Waals surface area (Å²) in [6.07, 6.45) is 8.05. The third-order valence-electron chi connectivity index (χ3n) is 5.46. The number of aromatic nitrogens is 1. The number of fused-ring (bicyclic) bond motifs is 3. The van der Waals surface area contributed by atoms with Crippen molar-refractivity contribution >= 4 is 33.3 Å². The van der Waals surface area contributed by atoms with E-state index in [9.17, 15) is 4.79 Å². The summed E-state index contributed by atoms with van der Waals surface area (Å²) in [5.41, 5.74) is 3.35. The first-order valence-electron chi connectivity index (χ1n) is 9.64. The minimum Gasteiger partial charge on any atom is -0.309 e. The number of hydrogen-bond donors (Lipinski definition) is 0. The molecule has 0 spiro atoms. The first-order valence-corrected chi connectivity index (χ1v) is 9.64. The van der Waals surface area contributed by atoms with Crippen molar-refractivity contribution in [3.05, 3.63) is 91.6 Å². The van der Waals surface area contributed by atoms with Gasteiger partial charge in [0.2, 0.25) is 0 Å². The van der Waals surface area contributed by atoms with Crippen molar-refractivity contribution in [2.24, 2.45) is 5.41 Å². The molecule has 3 aromatic rings. The molecule has 0 unspecified atom stereocenters. The first kappa shape index (κ1) is 19.6. The molecule has 0 aliphatic rings. The third kappa shape index (κ3) is 3.38. The Balaban J connectivity index is 2.19. The second kappa shape index (κ2) is 7.85. The topological polar surface area (TPSA) is 22.0 Å². The molecule has 2 aromatic carbocycles. The van der Waals surface area contributed by atoms with E-state index in [2.05, 4.69) is 54.1 Å². The maximum Gasteiger partial charge on any atom is 0.168 e. The summed E-state index contributed by atoms with van der Waals surface area (Å²) in [6.45, 7) is 13.8. The molecular formula is C26H27NO. The Morgan fingerprint density at radius 3 is 1.93 bits per heavy atom. The molecule has 2 nitrogen and oxygen atoms in total. The molecule has 28 heavy (non-hydrogen) atoms. The lowest BCUT2D eigenvalue weighted by atomic mass is 9.81. The molecule has 0 atom stereocenters. The quantitative estimate of drug-likeness (QED) is 0.326. The van der Waals surface area contributed by atoms with Crippen LogP contribution < -0.4 is 0 Å². The molecule has 1 heterocycles. The van der Waals surface area contributed by atoms with Crippen LogP contribution in [0.25, 0.3) is 27.5 Å². The zero-order valence-electron chi connectivity index (χ0n) is 16.9. The van der Waals surface area contributed by atoms with Crippen molar-refractivity contribution in [1.82, 2.24) is 4.57 Å². The lowest BCUT2D eigenvalue weighted by Gasteiger charge is -2.21. The highest BCUT2D eigenvalue weighted by Gasteiger charge is 2.26. The van der Waals surface area contributed by atoms with E-state index in [-0.39, 0.29) is 5.78 Å². The van der Waals surface area contributed by atoms with Crippen LogP contribution in [0.1, 0.15) is 27.2 Å². The Labute approximate surface area is 167 Å². The molecule has 2 heteroatoms. The maximum atomic E-state index is 12.8. The molecule has 0 fully saturated rings. The van der Waals surface area contributed by atoms with E-state index in [1.54, 1.807) is 6.08 Å². The van der Waals surface area contributed by atoms with E-state index >= 15 is 0 Å². The number of ketones is 1. The number of benzene rings is 2. The Morgan fingerprint density at radius 2 is 1.46 bits per heavy atom. The van der Waals surface area contributed by atoms with E-state index in [0.717, 1.165) is 23.2 Å². The Bertz CT molecular complexity index is 1070. The van der Waals surface area contributed by atoms with Crippen LogP contribution in [0.3, 0.4) is 0 Å². The SMILES string of the molecule is C=C/C(=C\C=C(/C=C)n1c2ccccc2c2ccccc21)C(=O)C(C)(C)CC. The van der Waals surface area contributed by atoms with Crippen LogP contribution in [-0.4, -0.2) is 10.4 Å². The van der Waals surface area contributed by atoms with Gasteiger partial charge in [0.05, 0.1) is 11.0 Å². The zero-order chi connectivity index (χ0) is 20.3. The van der Waals surface area contributed by atoms with E-state index in [0.29, 0.717) is 5.57 Å². The number of nitrogens with zero attached hydrogens (tertiary/aromatic N) is 1. The minimum atomic E-state index is -0.408. The van der Waals surface area contributed by atoms with Gasteiger partial charge in [0.1, 0.15) is 0 Å². The third-order valence-corrected chi connectivity index (χ3v) is 5.46. The van der Waals surface area contributed by atoms with Crippen molar-refractivity contribution in [3.63, 3.8) is 0 Å². The van der Waals surface area contributed by atoms with Crippen LogP contribution in [0.15, 0.2) is 91.6 Å². The van der Waals surface area contributed by atoms with Crippen molar-refractivity contribution in [1.29, 1.82) is 0 Å². The Hall–Kier alpha value is -3.13. The lowest BCUT2D eigenvalue weighted by Crippen LogP contribution is -2.24.